The quantitative estimate of drug-likeness (QED) is 0.478. The largest absolute Gasteiger partial charge is 0.462 e. The Labute approximate surface area is 85.0 Å². The van der Waals surface area contributed by atoms with Crippen LogP contribution < -0.4 is 5.32 Å². The van der Waals surface area contributed by atoms with Gasteiger partial charge in [-0.3, -0.25) is 4.79 Å². The van der Waals surface area contributed by atoms with E-state index in [1.165, 1.54) is 0 Å². The lowest BCUT2D eigenvalue weighted by molar-refractivity contribution is -0.138. The normalized spacial score (nSPS) is 20.7. The van der Waals surface area contributed by atoms with Crippen LogP contribution in [0, 0.1) is 0 Å². The number of hydrogen-bond donors (Lipinski definition) is 2. The zero-order valence-electron chi connectivity index (χ0n) is 8.99. The highest BCUT2D eigenvalue weighted by Crippen LogP contribution is 2.02. The van der Waals surface area contributed by atoms with E-state index in [0.29, 0.717) is 13.0 Å². The number of carbonyl (C=O) groups excluding carboxylic acids is 1. The Morgan fingerprint density at radius 2 is 2.21 bits per heavy atom. The van der Waals surface area contributed by atoms with Crippen LogP contribution in [0.2, 0.25) is 0 Å². The average Bonchev–Trinajstić information content (AvgIpc) is 2.04. The maximum atomic E-state index is 9.60. The number of β-amino-alcohol motifs (C(OH)–C–C–N with tert-alkyl or cyclic N) is 1. The van der Waals surface area contributed by atoms with Crippen molar-refractivity contribution in [1.82, 2.24) is 5.32 Å². The van der Waals surface area contributed by atoms with Crippen molar-refractivity contribution in [3.05, 3.63) is 12.2 Å². The topological polar surface area (TPSA) is 58.6 Å². The second-order valence-electron chi connectivity index (χ2n) is 3.98. The monoisotopic (exact) mass is 201 g/mol. The number of aliphatic hydroxyl groups excluding tert-OH is 1. The predicted molar refractivity (Wildman–Crippen MR) is 54.9 cm³/mol. The van der Waals surface area contributed by atoms with Crippen molar-refractivity contribution in [3.63, 3.8) is 0 Å². The molecule has 0 saturated heterocycles. The van der Waals surface area contributed by atoms with Gasteiger partial charge < -0.3 is 15.2 Å². The van der Waals surface area contributed by atoms with E-state index < -0.39 is 0 Å². The fourth-order valence-electron chi connectivity index (χ4n) is 0.752. The van der Waals surface area contributed by atoms with Crippen molar-refractivity contribution >= 4 is 6.47 Å². The molecule has 4 nitrogen and oxygen atoms in total. The highest BCUT2D eigenvalue weighted by Gasteiger charge is 2.07. The van der Waals surface area contributed by atoms with Crippen LogP contribution in [-0.4, -0.2) is 36.4 Å². The predicted octanol–water partition coefficient (Wildman–Crippen LogP) is 0.465. The Balaban J connectivity index is 0.000000241. The van der Waals surface area contributed by atoms with Gasteiger partial charge in [-0.25, -0.2) is 0 Å². The van der Waals surface area contributed by atoms with Gasteiger partial charge in [-0.2, -0.15) is 0 Å². The summed E-state index contributed by atoms with van der Waals surface area (Å²) in [7, 11) is 0. The van der Waals surface area contributed by atoms with E-state index in [1.54, 1.807) is 6.08 Å². The van der Waals surface area contributed by atoms with Gasteiger partial charge in [0, 0.05) is 13.1 Å². The van der Waals surface area contributed by atoms with E-state index in [4.69, 9.17) is 5.11 Å². The molecule has 0 aromatic carbocycles. The Hall–Kier alpha value is -0.870. The first-order chi connectivity index (χ1) is 6.45. The van der Waals surface area contributed by atoms with E-state index >= 15 is 0 Å². The molecule has 1 atom stereocenters. The summed E-state index contributed by atoms with van der Waals surface area (Å²) < 4.78 is 4.55. The number of carbonyl (C=O) groups is 1. The zero-order chi connectivity index (χ0) is 11.0. The van der Waals surface area contributed by atoms with Crippen molar-refractivity contribution in [1.29, 1.82) is 0 Å². The third-order valence-electron chi connectivity index (χ3n) is 1.38. The van der Waals surface area contributed by atoms with Crippen molar-refractivity contribution in [3.8, 4) is 0 Å². The standard InChI is InChI=1S/C5H9NO.C5H10O2/c7-5-2-1-3-6-4-5;1-5(2,3)7-4-6/h1-2,5-7H,3-4H2;4H,1-3H3. The number of nitrogens with one attached hydrogen (secondary N) is 1. The number of ether oxygens (including phenoxy) is 1. The number of hydrogen-bond acceptors (Lipinski definition) is 4. The summed E-state index contributed by atoms with van der Waals surface area (Å²) in [6.07, 6.45) is 3.47. The van der Waals surface area contributed by atoms with E-state index in [9.17, 15) is 4.79 Å². The van der Waals surface area contributed by atoms with Gasteiger partial charge in [0.2, 0.25) is 0 Å². The van der Waals surface area contributed by atoms with Gasteiger partial charge in [0.25, 0.3) is 6.47 Å². The van der Waals surface area contributed by atoms with Crippen molar-refractivity contribution in [2.75, 3.05) is 13.1 Å². The van der Waals surface area contributed by atoms with Gasteiger partial charge in [0.1, 0.15) is 5.60 Å². The minimum atomic E-state index is -0.318. The molecule has 14 heavy (non-hydrogen) atoms. The summed E-state index contributed by atoms with van der Waals surface area (Å²) in [5.41, 5.74) is -0.318. The van der Waals surface area contributed by atoms with Crippen LogP contribution in [-0.2, 0) is 9.53 Å². The molecule has 0 aromatic heterocycles. The molecule has 0 aliphatic carbocycles. The fourth-order valence-corrected chi connectivity index (χ4v) is 0.752. The van der Waals surface area contributed by atoms with Crippen LogP contribution in [0.15, 0.2) is 12.2 Å². The van der Waals surface area contributed by atoms with Crippen LogP contribution in [0.5, 0.6) is 0 Å². The Kier molecular flexibility index (Phi) is 6.16. The lowest BCUT2D eigenvalue weighted by atomic mass is 10.2. The average molecular weight is 201 g/mol. The minimum absolute atomic E-state index is 0.256. The van der Waals surface area contributed by atoms with Gasteiger partial charge in [-0.05, 0) is 20.8 Å². The highest BCUT2D eigenvalue weighted by atomic mass is 16.5. The van der Waals surface area contributed by atoms with E-state index in [-0.39, 0.29) is 11.7 Å². The molecule has 0 saturated carbocycles. The third-order valence-corrected chi connectivity index (χ3v) is 1.38. The highest BCUT2D eigenvalue weighted by molar-refractivity contribution is 5.37. The lowest BCUT2D eigenvalue weighted by Gasteiger charge is -2.14. The smallest absolute Gasteiger partial charge is 0.293 e. The van der Waals surface area contributed by atoms with Gasteiger partial charge in [0.05, 0.1) is 6.10 Å². The van der Waals surface area contributed by atoms with Crippen molar-refractivity contribution in [2.45, 2.75) is 32.5 Å². The minimum Gasteiger partial charge on any atom is -0.462 e. The molecule has 2 N–H and O–H groups in total. The van der Waals surface area contributed by atoms with Gasteiger partial charge >= 0.3 is 0 Å². The lowest BCUT2D eigenvalue weighted by Crippen LogP contribution is -2.29. The second-order valence-corrected chi connectivity index (χ2v) is 3.98. The van der Waals surface area contributed by atoms with Crippen LogP contribution >= 0.6 is 0 Å². The van der Waals surface area contributed by atoms with Crippen molar-refractivity contribution < 1.29 is 14.6 Å². The van der Waals surface area contributed by atoms with Crippen LogP contribution in [0.4, 0.5) is 0 Å². The summed E-state index contributed by atoms with van der Waals surface area (Å²) >= 11 is 0. The van der Waals surface area contributed by atoms with Crippen molar-refractivity contribution in [2.24, 2.45) is 0 Å². The maximum absolute atomic E-state index is 9.60. The SMILES string of the molecule is CC(C)(C)OC=O.OC1C=CCNC1. The molecular formula is C10H19NO3. The zero-order valence-corrected chi connectivity index (χ0v) is 8.99. The molecule has 1 aliphatic heterocycles. The molecule has 0 aromatic rings. The van der Waals surface area contributed by atoms with Gasteiger partial charge in [0.15, 0.2) is 0 Å². The third kappa shape index (κ3) is 9.22. The van der Waals surface area contributed by atoms with E-state index in [2.05, 4.69) is 10.1 Å². The second kappa shape index (κ2) is 6.56. The summed E-state index contributed by atoms with van der Waals surface area (Å²) in [6.45, 7) is 7.53. The van der Waals surface area contributed by atoms with E-state index in [1.807, 2.05) is 26.8 Å². The summed E-state index contributed by atoms with van der Waals surface area (Å²) in [4.78, 5) is 9.60. The molecule has 1 heterocycles. The van der Waals surface area contributed by atoms with Crippen LogP contribution in [0.3, 0.4) is 0 Å². The van der Waals surface area contributed by atoms with Crippen LogP contribution in [0.25, 0.3) is 0 Å². The maximum Gasteiger partial charge on any atom is 0.293 e. The molecule has 0 fully saturated rings. The molecule has 0 spiro atoms. The molecule has 1 aliphatic rings. The first kappa shape index (κ1) is 13.1. The molecule has 1 rings (SSSR count). The molecular weight excluding hydrogens is 182 g/mol. The van der Waals surface area contributed by atoms with Gasteiger partial charge in [-0.15, -0.1) is 0 Å². The Morgan fingerprint density at radius 1 is 1.57 bits per heavy atom. The molecule has 0 radical (unpaired) electrons. The summed E-state index contributed by atoms with van der Waals surface area (Å²) in [5.74, 6) is 0. The van der Waals surface area contributed by atoms with Gasteiger partial charge in [-0.1, -0.05) is 12.2 Å². The molecule has 1 unspecified atom stereocenters. The molecule has 0 amide bonds. The molecule has 0 bridgehead atoms. The first-order valence-electron chi connectivity index (χ1n) is 4.62. The van der Waals surface area contributed by atoms with Crippen LogP contribution in [0.1, 0.15) is 20.8 Å². The Bertz CT molecular complexity index is 184. The Morgan fingerprint density at radius 3 is 2.36 bits per heavy atom. The summed E-state index contributed by atoms with van der Waals surface area (Å²) in [5, 5.41) is 11.8. The van der Waals surface area contributed by atoms with E-state index in [0.717, 1.165) is 6.54 Å². The fraction of sp³-hybridized carbons (Fsp3) is 0.700. The summed E-state index contributed by atoms with van der Waals surface area (Å²) in [6, 6.07) is 0. The molecule has 4 heteroatoms. The number of aliphatic hydroxyl groups is 1. The first-order valence-corrected chi connectivity index (χ1v) is 4.62. The number of rotatable bonds is 1. The molecule has 82 valence electrons.